The predicted octanol–water partition coefficient (Wildman–Crippen LogP) is 3.20. The topological polar surface area (TPSA) is 116 Å². The number of H-pyrrole nitrogens is 1. The van der Waals surface area contributed by atoms with Gasteiger partial charge in [0.15, 0.2) is 6.04 Å². The molecule has 4 aromatic rings. The number of amides is 2. The molecule has 0 saturated heterocycles. The van der Waals surface area contributed by atoms with Crippen LogP contribution in [0.15, 0.2) is 88.8 Å². The zero-order chi connectivity index (χ0) is 23.2. The molecule has 164 valence electrons. The van der Waals surface area contributed by atoms with Gasteiger partial charge in [-0.2, -0.15) is 10.2 Å². The van der Waals surface area contributed by atoms with Crippen molar-refractivity contribution < 1.29 is 9.59 Å². The number of fused-ring (bicyclic) bond motifs is 1. The molecular weight excluding hydrogens is 442 g/mol. The van der Waals surface area contributed by atoms with Gasteiger partial charge >= 0.3 is 0 Å². The smallest absolute Gasteiger partial charge is 0.272 e. The summed E-state index contributed by atoms with van der Waals surface area (Å²) in [6, 6.07) is 20.9. The summed E-state index contributed by atoms with van der Waals surface area (Å²) >= 11 is 6.11. The van der Waals surface area contributed by atoms with Crippen LogP contribution in [-0.4, -0.2) is 28.2 Å². The van der Waals surface area contributed by atoms with Crippen LogP contribution >= 0.6 is 11.6 Å². The van der Waals surface area contributed by atoms with Gasteiger partial charge in [0.1, 0.15) is 5.69 Å². The first kappa shape index (κ1) is 21.9. The summed E-state index contributed by atoms with van der Waals surface area (Å²) in [4.78, 5) is 38.1. The van der Waals surface area contributed by atoms with Crippen LogP contribution in [0.2, 0.25) is 5.02 Å². The highest BCUT2D eigenvalue weighted by Gasteiger charge is 2.27. The zero-order valence-electron chi connectivity index (χ0n) is 17.2. The van der Waals surface area contributed by atoms with E-state index in [0.717, 1.165) is 0 Å². The molecule has 0 fully saturated rings. The third-order valence-corrected chi connectivity index (χ3v) is 5.20. The Labute approximate surface area is 193 Å². The van der Waals surface area contributed by atoms with E-state index in [1.165, 1.54) is 6.21 Å². The lowest BCUT2D eigenvalue weighted by atomic mass is 10.0. The number of benzene rings is 3. The number of hydrogen-bond donors (Lipinski definition) is 3. The lowest BCUT2D eigenvalue weighted by molar-refractivity contribution is -0.123. The highest BCUT2D eigenvalue weighted by Crippen LogP contribution is 2.20. The molecule has 0 aliphatic heterocycles. The third kappa shape index (κ3) is 4.97. The minimum atomic E-state index is -1.23. The van der Waals surface area contributed by atoms with Gasteiger partial charge in [0.05, 0.1) is 11.6 Å². The SMILES string of the molecule is O=C(N[C@H](C(=O)N/N=C/c1ccccc1Cl)c1n[nH]c(=O)c2ccccc12)c1ccccc1. The van der Waals surface area contributed by atoms with E-state index in [1.54, 1.807) is 78.9 Å². The summed E-state index contributed by atoms with van der Waals surface area (Å²) in [5.74, 6) is -1.13. The van der Waals surface area contributed by atoms with Gasteiger partial charge in [-0.1, -0.05) is 66.2 Å². The summed E-state index contributed by atoms with van der Waals surface area (Å²) in [5.41, 5.74) is 3.17. The van der Waals surface area contributed by atoms with Crippen molar-refractivity contribution in [2.45, 2.75) is 6.04 Å². The summed E-state index contributed by atoms with van der Waals surface area (Å²) in [6.45, 7) is 0. The fourth-order valence-corrected chi connectivity index (χ4v) is 3.41. The van der Waals surface area contributed by atoms with E-state index < -0.39 is 23.4 Å². The van der Waals surface area contributed by atoms with Crippen LogP contribution in [0.5, 0.6) is 0 Å². The maximum Gasteiger partial charge on any atom is 0.272 e. The van der Waals surface area contributed by atoms with Gasteiger partial charge in [-0.15, -0.1) is 0 Å². The molecule has 2 amide bonds. The minimum absolute atomic E-state index is 0.180. The molecule has 0 aliphatic carbocycles. The Hall–Kier alpha value is -4.30. The van der Waals surface area contributed by atoms with Crippen LogP contribution in [0, 0.1) is 0 Å². The standard InChI is InChI=1S/C24H18ClN5O3/c25-19-13-7-4-10-16(19)14-26-29-24(33)21(27-22(31)15-8-2-1-3-9-15)20-17-11-5-6-12-18(17)23(32)30-28-20/h1-14,21H,(H,27,31)(H,29,33)(H,30,32)/b26-14+/t21-/m0/s1. The maximum atomic E-state index is 13.1. The number of hydrazone groups is 1. The van der Waals surface area contributed by atoms with Gasteiger partial charge < -0.3 is 5.32 Å². The van der Waals surface area contributed by atoms with E-state index in [4.69, 9.17) is 11.6 Å². The van der Waals surface area contributed by atoms with Crippen LogP contribution in [0.4, 0.5) is 0 Å². The monoisotopic (exact) mass is 459 g/mol. The number of halogens is 1. The quantitative estimate of drug-likeness (QED) is 0.303. The summed E-state index contributed by atoms with van der Waals surface area (Å²) in [7, 11) is 0. The highest BCUT2D eigenvalue weighted by molar-refractivity contribution is 6.33. The van der Waals surface area contributed by atoms with Crippen molar-refractivity contribution in [2.24, 2.45) is 5.10 Å². The molecule has 4 rings (SSSR count). The number of aromatic nitrogens is 2. The zero-order valence-corrected chi connectivity index (χ0v) is 17.9. The second-order valence-electron chi connectivity index (χ2n) is 7.01. The van der Waals surface area contributed by atoms with Gasteiger partial charge in [-0.25, -0.2) is 10.5 Å². The molecule has 1 aromatic heterocycles. The van der Waals surface area contributed by atoms with Crippen molar-refractivity contribution in [2.75, 3.05) is 0 Å². The van der Waals surface area contributed by atoms with Crippen LogP contribution in [0.1, 0.15) is 27.7 Å². The van der Waals surface area contributed by atoms with Gasteiger partial charge in [-0.3, -0.25) is 14.4 Å². The number of carbonyl (C=O) groups is 2. The molecule has 0 unspecified atom stereocenters. The van der Waals surface area contributed by atoms with Crippen molar-refractivity contribution in [3.8, 4) is 0 Å². The Morgan fingerprint density at radius 2 is 1.61 bits per heavy atom. The molecule has 3 aromatic carbocycles. The van der Waals surface area contributed by atoms with Crippen LogP contribution in [-0.2, 0) is 4.79 Å². The first-order valence-corrected chi connectivity index (χ1v) is 10.3. The van der Waals surface area contributed by atoms with Crippen molar-refractivity contribution in [3.05, 3.63) is 111 Å². The second-order valence-corrected chi connectivity index (χ2v) is 7.42. The molecule has 0 bridgehead atoms. The van der Waals surface area contributed by atoms with Crippen LogP contribution in [0.3, 0.4) is 0 Å². The Bertz CT molecular complexity index is 1400. The van der Waals surface area contributed by atoms with Gasteiger partial charge in [0, 0.05) is 21.5 Å². The van der Waals surface area contributed by atoms with E-state index >= 15 is 0 Å². The van der Waals surface area contributed by atoms with E-state index in [1.807, 2.05) is 0 Å². The predicted molar refractivity (Wildman–Crippen MR) is 126 cm³/mol. The second kappa shape index (κ2) is 9.88. The molecule has 9 heteroatoms. The maximum absolute atomic E-state index is 13.1. The fraction of sp³-hybridized carbons (Fsp3) is 0.0417. The molecule has 3 N–H and O–H groups in total. The average Bonchev–Trinajstić information content (AvgIpc) is 2.85. The number of aromatic amines is 1. The number of hydrogen-bond acceptors (Lipinski definition) is 5. The van der Waals surface area contributed by atoms with Gasteiger partial charge in [0.2, 0.25) is 0 Å². The molecule has 1 heterocycles. The van der Waals surface area contributed by atoms with Gasteiger partial charge in [-0.05, 0) is 24.3 Å². The van der Waals surface area contributed by atoms with Gasteiger partial charge in [0.25, 0.3) is 17.4 Å². The Kier molecular flexibility index (Phi) is 6.56. The summed E-state index contributed by atoms with van der Waals surface area (Å²) in [5, 5.41) is 14.4. The first-order chi connectivity index (χ1) is 16.0. The molecular formula is C24H18ClN5O3. The fourth-order valence-electron chi connectivity index (χ4n) is 3.23. The van der Waals surface area contributed by atoms with E-state index in [2.05, 4.69) is 26.0 Å². The lowest BCUT2D eigenvalue weighted by Gasteiger charge is -2.18. The van der Waals surface area contributed by atoms with Crippen molar-refractivity contribution in [3.63, 3.8) is 0 Å². The largest absolute Gasteiger partial charge is 0.335 e. The van der Waals surface area contributed by atoms with Crippen molar-refractivity contribution >= 4 is 40.4 Å². The normalized spacial score (nSPS) is 11.9. The number of nitrogens with zero attached hydrogens (tertiary/aromatic N) is 2. The molecule has 8 nitrogen and oxygen atoms in total. The molecule has 0 spiro atoms. The first-order valence-electron chi connectivity index (χ1n) is 9.95. The Balaban J connectivity index is 1.68. The van der Waals surface area contributed by atoms with Crippen molar-refractivity contribution in [1.29, 1.82) is 0 Å². The number of nitrogens with one attached hydrogen (secondary N) is 3. The highest BCUT2D eigenvalue weighted by atomic mass is 35.5. The molecule has 0 saturated carbocycles. The molecule has 33 heavy (non-hydrogen) atoms. The van der Waals surface area contributed by atoms with E-state index in [9.17, 15) is 14.4 Å². The molecule has 0 radical (unpaired) electrons. The average molecular weight is 460 g/mol. The van der Waals surface area contributed by atoms with E-state index in [-0.39, 0.29) is 5.69 Å². The van der Waals surface area contributed by atoms with E-state index in [0.29, 0.717) is 26.9 Å². The van der Waals surface area contributed by atoms with Crippen LogP contribution in [0.25, 0.3) is 10.8 Å². The van der Waals surface area contributed by atoms with Crippen molar-refractivity contribution in [1.82, 2.24) is 20.9 Å². The van der Waals surface area contributed by atoms with Crippen LogP contribution < -0.4 is 16.3 Å². The third-order valence-electron chi connectivity index (χ3n) is 4.86. The lowest BCUT2D eigenvalue weighted by Crippen LogP contribution is -2.40. The summed E-state index contributed by atoms with van der Waals surface area (Å²) < 4.78 is 0. The molecule has 0 aliphatic rings. The molecule has 1 atom stereocenters. The Morgan fingerprint density at radius 3 is 2.36 bits per heavy atom. The number of carbonyl (C=O) groups excluding carboxylic acids is 2. The summed E-state index contributed by atoms with van der Waals surface area (Å²) in [6.07, 6.45) is 1.40. The number of rotatable bonds is 6. The minimum Gasteiger partial charge on any atom is -0.335 e. The Morgan fingerprint density at radius 1 is 0.939 bits per heavy atom.